The van der Waals surface area contributed by atoms with Gasteiger partial charge in [-0.3, -0.25) is 0 Å². The van der Waals surface area contributed by atoms with Gasteiger partial charge in [0.1, 0.15) is 5.75 Å². The van der Waals surface area contributed by atoms with Crippen LogP contribution in [-0.4, -0.2) is 6.61 Å². The number of benzene rings is 1. The van der Waals surface area contributed by atoms with Crippen molar-refractivity contribution in [2.75, 3.05) is 6.61 Å². The van der Waals surface area contributed by atoms with E-state index in [4.69, 9.17) is 4.74 Å². The molecule has 1 aromatic rings. The van der Waals surface area contributed by atoms with Crippen LogP contribution in [0.5, 0.6) is 5.75 Å². The summed E-state index contributed by atoms with van der Waals surface area (Å²) in [5.41, 5.74) is 1.41. The summed E-state index contributed by atoms with van der Waals surface area (Å²) in [5, 5.41) is 0. The Bertz CT molecular complexity index is 302. The van der Waals surface area contributed by atoms with Gasteiger partial charge < -0.3 is 4.74 Å². The van der Waals surface area contributed by atoms with Gasteiger partial charge in [0.2, 0.25) is 0 Å². The number of hydrogen-bond donors (Lipinski definition) is 0. The van der Waals surface area contributed by atoms with E-state index in [1.54, 1.807) is 0 Å². The first-order chi connectivity index (χ1) is 9.36. The average Bonchev–Trinajstić information content (AvgIpc) is 2.44. The first-order valence-electron chi connectivity index (χ1n) is 8.08. The van der Waals surface area contributed by atoms with Crippen LogP contribution < -0.4 is 4.74 Å². The summed E-state index contributed by atoms with van der Waals surface area (Å²) < 4.78 is 5.77. The minimum Gasteiger partial charge on any atom is -0.494 e. The largest absolute Gasteiger partial charge is 0.494 e. The minimum atomic E-state index is 0.862. The second-order valence-corrected chi connectivity index (χ2v) is 5.36. The van der Waals surface area contributed by atoms with Crippen LogP contribution in [0.2, 0.25) is 0 Å². The van der Waals surface area contributed by atoms with Gasteiger partial charge in [-0.15, -0.1) is 0 Å². The van der Waals surface area contributed by atoms with E-state index in [9.17, 15) is 0 Å². The Morgan fingerprint density at radius 1 is 0.737 bits per heavy atom. The Labute approximate surface area is 119 Å². The van der Waals surface area contributed by atoms with Gasteiger partial charge in [-0.25, -0.2) is 0 Å². The topological polar surface area (TPSA) is 9.23 Å². The quantitative estimate of drug-likeness (QED) is 0.460. The lowest BCUT2D eigenvalue weighted by Crippen LogP contribution is -1.97. The highest BCUT2D eigenvalue weighted by Gasteiger charge is 1.96. The molecule has 0 radical (unpaired) electrons. The van der Waals surface area contributed by atoms with Crippen molar-refractivity contribution in [1.29, 1.82) is 0 Å². The van der Waals surface area contributed by atoms with E-state index in [0.29, 0.717) is 0 Å². The molecule has 1 heteroatoms. The first kappa shape index (κ1) is 16.1. The molecule has 0 aliphatic carbocycles. The Morgan fingerprint density at radius 3 is 2.00 bits per heavy atom. The van der Waals surface area contributed by atoms with Crippen LogP contribution in [0, 0.1) is 0 Å². The summed E-state index contributed by atoms with van der Waals surface area (Å²) in [6.07, 6.45) is 11.7. The fourth-order valence-corrected chi connectivity index (χ4v) is 2.29. The molecule has 0 aromatic heterocycles. The molecule has 1 nitrogen and oxygen atoms in total. The van der Waals surface area contributed by atoms with Crippen molar-refractivity contribution in [2.24, 2.45) is 0 Å². The second kappa shape index (κ2) is 10.9. The molecule has 0 amide bonds. The molecule has 19 heavy (non-hydrogen) atoms. The van der Waals surface area contributed by atoms with Crippen LogP contribution >= 0.6 is 0 Å². The van der Waals surface area contributed by atoms with Crippen molar-refractivity contribution >= 4 is 0 Å². The van der Waals surface area contributed by atoms with Crippen LogP contribution in [-0.2, 0) is 6.42 Å². The lowest BCUT2D eigenvalue weighted by Gasteiger charge is -2.07. The lowest BCUT2D eigenvalue weighted by molar-refractivity contribution is 0.304. The molecular weight excluding hydrogens is 232 g/mol. The lowest BCUT2D eigenvalue weighted by atomic mass is 10.1. The molecule has 0 fully saturated rings. The van der Waals surface area contributed by atoms with Gasteiger partial charge in [-0.05, 0) is 30.5 Å². The van der Waals surface area contributed by atoms with Crippen LogP contribution in [0.15, 0.2) is 24.3 Å². The molecular formula is C18H30O. The van der Waals surface area contributed by atoms with E-state index >= 15 is 0 Å². The van der Waals surface area contributed by atoms with E-state index in [-0.39, 0.29) is 0 Å². The molecule has 1 rings (SSSR count). The highest BCUT2D eigenvalue weighted by Crippen LogP contribution is 2.14. The van der Waals surface area contributed by atoms with Crippen molar-refractivity contribution in [1.82, 2.24) is 0 Å². The Kier molecular flexibility index (Phi) is 9.22. The van der Waals surface area contributed by atoms with Gasteiger partial charge in [0.05, 0.1) is 6.61 Å². The highest BCUT2D eigenvalue weighted by molar-refractivity contribution is 5.27. The van der Waals surface area contributed by atoms with Crippen molar-refractivity contribution < 1.29 is 4.74 Å². The summed E-state index contributed by atoms with van der Waals surface area (Å²) >= 11 is 0. The summed E-state index contributed by atoms with van der Waals surface area (Å²) in [5.74, 6) is 1.02. The zero-order chi connectivity index (χ0) is 13.8. The van der Waals surface area contributed by atoms with Crippen LogP contribution in [0.25, 0.3) is 0 Å². The van der Waals surface area contributed by atoms with Gasteiger partial charge in [-0.1, -0.05) is 70.9 Å². The van der Waals surface area contributed by atoms with Crippen molar-refractivity contribution in [3.8, 4) is 5.75 Å². The van der Waals surface area contributed by atoms with E-state index < -0.39 is 0 Å². The minimum absolute atomic E-state index is 0.862. The zero-order valence-electron chi connectivity index (χ0n) is 12.8. The Balaban J connectivity index is 2.02. The molecule has 108 valence electrons. The monoisotopic (exact) mass is 262 g/mol. The molecule has 0 heterocycles. The highest BCUT2D eigenvalue weighted by atomic mass is 16.5. The van der Waals surface area contributed by atoms with Gasteiger partial charge >= 0.3 is 0 Å². The average molecular weight is 262 g/mol. The van der Waals surface area contributed by atoms with Gasteiger partial charge in [0.15, 0.2) is 0 Å². The second-order valence-electron chi connectivity index (χ2n) is 5.36. The van der Waals surface area contributed by atoms with Gasteiger partial charge in [0, 0.05) is 0 Å². The van der Waals surface area contributed by atoms with Crippen LogP contribution in [0.3, 0.4) is 0 Å². The Hall–Kier alpha value is -0.980. The normalized spacial score (nSPS) is 10.6. The smallest absolute Gasteiger partial charge is 0.119 e. The number of aryl methyl sites for hydroxylation is 1. The zero-order valence-corrected chi connectivity index (χ0v) is 12.8. The van der Waals surface area contributed by atoms with E-state index in [1.807, 2.05) is 0 Å². The van der Waals surface area contributed by atoms with Gasteiger partial charge in [-0.2, -0.15) is 0 Å². The number of ether oxygens (including phenoxy) is 1. The molecule has 0 spiro atoms. The molecule has 0 bridgehead atoms. The van der Waals surface area contributed by atoms with Gasteiger partial charge in [0.25, 0.3) is 0 Å². The van der Waals surface area contributed by atoms with Crippen molar-refractivity contribution in [3.05, 3.63) is 29.8 Å². The SMILES string of the molecule is CCCCCCCCCOc1ccc(CCC)cc1. The molecule has 0 aliphatic rings. The third kappa shape index (κ3) is 7.92. The van der Waals surface area contributed by atoms with Crippen LogP contribution in [0.1, 0.15) is 70.8 Å². The number of unbranched alkanes of at least 4 members (excludes halogenated alkanes) is 6. The number of rotatable bonds is 11. The third-order valence-electron chi connectivity index (χ3n) is 3.48. The summed E-state index contributed by atoms with van der Waals surface area (Å²) in [4.78, 5) is 0. The van der Waals surface area contributed by atoms with E-state index in [0.717, 1.165) is 18.8 Å². The fraction of sp³-hybridized carbons (Fsp3) is 0.667. The van der Waals surface area contributed by atoms with E-state index in [1.165, 1.54) is 56.9 Å². The standard InChI is InChI=1S/C18H30O/c1-3-5-6-7-8-9-10-16-19-18-14-12-17(11-4-2)13-15-18/h12-15H,3-11,16H2,1-2H3. The Morgan fingerprint density at radius 2 is 1.37 bits per heavy atom. The van der Waals surface area contributed by atoms with Crippen molar-refractivity contribution in [2.45, 2.75) is 71.6 Å². The maximum absolute atomic E-state index is 5.77. The molecule has 0 saturated carbocycles. The van der Waals surface area contributed by atoms with Crippen molar-refractivity contribution in [3.63, 3.8) is 0 Å². The number of hydrogen-bond acceptors (Lipinski definition) is 1. The fourth-order valence-electron chi connectivity index (χ4n) is 2.29. The molecule has 0 saturated heterocycles. The van der Waals surface area contributed by atoms with E-state index in [2.05, 4.69) is 38.1 Å². The predicted octanol–water partition coefficient (Wildman–Crippen LogP) is 5.77. The molecule has 0 N–H and O–H groups in total. The van der Waals surface area contributed by atoms with Crippen LogP contribution in [0.4, 0.5) is 0 Å². The molecule has 0 atom stereocenters. The molecule has 1 aromatic carbocycles. The third-order valence-corrected chi connectivity index (χ3v) is 3.48. The maximum atomic E-state index is 5.77. The first-order valence-corrected chi connectivity index (χ1v) is 8.08. The predicted molar refractivity (Wildman–Crippen MR) is 83.9 cm³/mol. The summed E-state index contributed by atoms with van der Waals surface area (Å²) in [6.45, 7) is 5.34. The molecule has 0 unspecified atom stereocenters. The maximum Gasteiger partial charge on any atom is 0.119 e. The molecule has 0 aliphatic heterocycles. The summed E-state index contributed by atoms with van der Waals surface area (Å²) in [6, 6.07) is 8.58. The summed E-state index contributed by atoms with van der Waals surface area (Å²) in [7, 11) is 0.